The molecular formula is C25H33F2N3O. The van der Waals surface area contributed by atoms with Gasteiger partial charge in [0.15, 0.2) is 0 Å². The maximum atomic E-state index is 14.1. The topological polar surface area (TPSA) is 26.8 Å². The molecule has 0 bridgehead atoms. The van der Waals surface area contributed by atoms with Crippen LogP contribution in [0.1, 0.15) is 24.0 Å². The van der Waals surface area contributed by atoms with Gasteiger partial charge in [-0.05, 0) is 57.1 Å². The van der Waals surface area contributed by atoms with Gasteiger partial charge in [-0.15, -0.1) is 0 Å². The fourth-order valence-electron chi connectivity index (χ4n) is 4.18. The summed E-state index contributed by atoms with van der Waals surface area (Å²) in [7, 11) is 3.96. The van der Waals surface area contributed by atoms with E-state index in [0.717, 1.165) is 32.5 Å². The van der Waals surface area contributed by atoms with Gasteiger partial charge >= 0.3 is 0 Å². The van der Waals surface area contributed by atoms with Gasteiger partial charge in [-0.2, -0.15) is 0 Å². The maximum Gasteiger partial charge on any atom is 0.227 e. The van der Waals surface area contributed by atoms with Crippen molar-refractivity contribution in [3.63, 3.8) is 0 Å². The lowest BCUT2D eigenvalue weighted by Crippen LogP contribution is -2.45. The number of carbonyl (C=O) groups excluding carboxylic acids is 1. The fraction of sp³-hybridized carbons (Fsp3) is 0.480. The zero-order chi connectivity index (χ0) is 22.2. The monoisotopic (exact) mass is 429 g/mol. The zero-order valence-electron chi connectivity index (χ0n) is 18.6. The smallest absolute Gasteiger partial charge is 0.227 e. The van der Waals surface area contributed by atoms with Gasteiger partial charge in [-0.25, -0.2) is 8.78 Å². The Hall–Kier alpha value is -2.31. The van der Waals surface area contributed by atoms with Crippen LogP contribution in [0.5, 0.6) is 0 Å². The van der Waals surface area contributed by atoms with E-state index < -0.39 is 0 Å². The highest BCUT2D eigenvalue weighted by molar-refractivity contribution is 5.78. The second kappa shape index (κ2) is 11.3. The first-order valence-corrected chi connectivity index (χ1v) is 11.0. The molecule has 0 N–H and O–H groups in total. The number of amides is 1. The van der Waals surface area contributed by atoms with Gasteiger partial charge in [0.05, 0.1) is 6.42 Å². The van der Waals surface area contributed by atoms with E-state index in [1.807, 2.05) is 31.1 Å². The van der Waals surface area contributed by atoms with E-state index in [9.17, 15) is 13.6 Å². The summed E-state index contributed by atoms with van der Waals surface area (Å²) in [5.74, 6) is -0.222. The van der Waals surface area contributed by atoms with Crippen molar-refractivity contribution in [2.75, 3.05) is 46.8 Å². The number of likely N-dealkylation sites (tertiary alicyclic amines) is 1. The van der Waals surface area contributed by atoms with Crippen LogP contribution in [0.3, 0.4) is 0 Å². The van der Waals surface area contributed by atoms with Crippen molar-refractivity contribution in [3.8, 4) is 0 Å². The second-order valence-electron chi connectivity index (χ2n) is 8.75. The minimum absolute atomic E-state index is 0.0434. The van der Waals surface area contributed by atoms with Crippen LogP contribution >= 0.6 is 0 Å². The molecule has 1 atom stereocenters. The molecule has 0 saturated carbocycles. The average molecular weight is 430 g/mol. The molecule has 0 aromatic heterocycles. The number of piperidine rings is 1. The first kappa shape index (κ1) is 23.4. The molecule has 6 heteroatoms. The number of nitrogens with zero attached hydrogens (tertiary/aromatic N) is 3. The van der Waals surface area contributed by atoms with Crippen LogP contribution in [0.15, 0.2) is 48.5 Å². The predicted octanol–water partition coefficient (Wildman–Crippen LogP) is 3.81. The number of carbonyl (C=O) groups is 1. The van der Waals surface area contributed by atoms with E-state index in [0.29, 0.717) is 36.7 Å². The van der Waals surface area contributed by atoms with E-state index in [1.165, 1.54) is 12.1 Å². The van der Waals surface area contributed by atoms with E-state index >= 15 is 0 Å². The molecule has 0 unspecified atom stereocenters. The summed E-state index contributed by atoms with van der Waals surface area (Å²) in [6.07, 6.45) is 2.15. The van der Waals surface area contributed by atoms with Gasteiger partial charge in [0.2, 0.25) is 5.91 Å². The second-order valence-corrected chi connectivity index (χ2v) is 8.75. The van der Waals surface area contributed by atoms with Crippen molar-refractivity contribution in [1.82, 2.24) is 14.7 Å². The van der Waals surface area contributed by atoms with Crippen LogP contribution in [-0.4, -0.2) is 67.4 Å². The first-order valence-electron chi connectivity index (χ1n) is 11.0. The van der Waals surface area contributed by atoms with Crippen LogP contribution < -0.4 is 0 Å². The van der Waals surface area contributed by atoms with Gasteiger partial charge in [0.1, 0.15) is 11.6 Å². The number of rotatable bonds is 9. The highest BCUT2D eigenvalue weighted by Gasteiger charge is 2.25. The van der Waals surface area contributed by atoms with Crippen molar-refractivity contribution in [3.05, 3.63) is 71.3 Å². The minimum atomic E-state index is -0.336. The molecule has 1 aliphatic heterocycles. The van der Waals surface area contributed by atoms with E-state index in [2.05, 4.69) is 9.80 Å². The number of hydrogen-bond donors (Lipinski definition) is 0. The van der Waals surface area contributed by atoms with Gasteiger partial charge in [0.25, 0.3) is 0 Å². The van der Waals surface area contributed by atoms with Gasteiger partial charge in [0, 0.05) is 38.3 Å². The Kier molecular flexibility index (Phi) is 8.55. The third-order valence-corrected chi connectivity index (χ3v) is 5.90. The molecule has 0 spiro atoms. The van der Waals surface area contributed by atoms with Crippen LogP contribution in [0.25, 0.3) is 0 Å². The Morgan fingerprint density at radius 1 is 1.00 bits per heavy atom. The normalized spacial score (nSPS) is 17.1. The molecule has 168 valence electrons. The standard InChI is InChI=1S/C25H33F2N3O/c1-28(2)14-15-30(25(31)16-21-9-3-5-11-23(21)26)18-20-8-7-13-29(17-20)19-22-10-4-6-12-24(22)27/h3-6,9-12,20H,7-8,13-19H2,1-2H3/t20-/m1/s1. The molecule has 1 aliphatic rings. The molecule has 0 radical (unpaired) electrons. The lowest BCUT2D eigenvalue weighted by Gasteiger charge is -2.36. The summed E-state index contributed by atoms with van der Waals surface area (Å²) in [6.45, 7) is 4.38. The molecule has 31 heavy (non-hydrogen) atoms. The maximum absolute atomic E-state index is 14.1. The summed E-state index contributed by atoms with van der Waals surface area (Å²) in [5, 5.41) is 0. The van der Waals surface area contributed by atoms with Crippen molar-refractivity contribution in [1.29, 1.82) is 0 Å². The van der Waals surface area contributed by atoms with Crippen molar-refractivity contribution < 1.29 is 13.6 Å². The molecule has 2 aromatic rings. The highest BCUT2D eigenvalue weighted by atomic mass is 19.1. The molecule has 1 saturated heterocycles. The summed E-state index contributed by atoms with van der Waals surface area (Å²) in [4.78, 5) is 19.3. The summed E-state index contributed by atoms with van der Waals surface area (Å²) in [6, 6.07) is 13.4. The molecule has 2 aromatic carbocycles. The SMILES string of the molecule is CN(C)CCN(C[C@@H]1CCCN(Cc2ccccc2F)C1)C(=O)Cc1ccccc1F. The third-order valence-electron chi connectivity index (χ3n) is 5.90. The van der Waals surface area contributed by atoms with Crippen molar-refractivity contribution >= 4 is 5.91 Å². The van der Waals surface area contributed by atoms with Gasteiger partial charge in [-0.1, -0.05) is 36.4 Å². The third kappa shape index (κ3) is 7.11. The molecular weight excluding hydrogens is 396 g/mol. The first-order chi connectivity index (χ1) is 14.9. The molecule has 0 aliphatic carbocycles. The summed E-state index contributed by atoms with van der Waals surface area (Å²) >= 11 is 0. The quantitative estimate of drug-likeness (QED) is 0.607. The number of hydrogen-bond acceptors (Lipinski definition) is 3. The summed E-state index contributed by atoms with van der Waals surface area (Å²) in [5.41, 5.74) is 1.15. The van der Waals surface area contributed by atoms with E-state index in [1.54, 1.807) is 24.3 Å². The highest BCUT2D eigenvalue weighted by Crippen LogP contribution is 2.21. The Morgan fingerprint density at radius 2 is 1.65 bits per heavy atom. The summed E-state index contributed by atoms with van der Waals surface area (Å²) < 4.78 is 28.1. The van der Waals surface area contributed by atoms with Crippen LogP contribution in [0.2, 0.25) is 0 Å². The average Bonchev–Trinajstić information content (AvgIpc) is 2.74. The molecule has 1 amide bonds. The molecule has 3 rings (SSSR count). The van der Waals surface area contributed by atoms with Crippen molar-refractivity contribution in [2.24, 2.45) is 5.92 Å². The Bertz CT molecular complexity index is 858. The van der Waals surface area contributed by atoms with Crippen LogP contribution in [0, 0.1) is 17.6 Å². The van der Waals surface area contributed by atoms with Gasteiger partial charge < -0.3 is 9.80 Å². The largest absolute Gasteiger partial charge is 0.341 e. The zero-order valence-corrected chi connectivity index (χ0v) is 18.6. The molecule has 4 nitrogen and oxygen atoms in total. The number of likely N-dealkylation sites (N-methyl/N-ethyl adjacent to an activating group) is 1. The van der Waals surface area contributed by atoms with Gasteiger partial charge in [-0.3, -0.25) is 9.69 Å². The number of benzene rings is 2. The van der Waals surface area contributed by atoms with Crippen molar-refractivity contribution in [2.45, 2.75) is 25.8 Å². The fourth-order valence-corrected chi connectivity index (χ4v) is 4.18. The minimum Gasteiger partial charge on any atom is -0.341 e. The van der Waals surface area contributed by atoms with Crippen LogP contribution in [0.4, 0.5) is 8.78 Å². The molecule has 1 fully saturated rings. The molecule has 1 heterocycles. The lowest BCUT2D eigenvalue weighted by atomic mass is 9.96. The lowest BCUT2D eigenvalue weighted by molar-refractivity contribution is -0.131. The predicted molar refractivity (Wildman–Crippen MR) is 120 cm³/mol. The Labute approximate surface area is 184 Å². The Morgan fingerprint density at radius 3 is 2.29 bits per heavy atom. The van der Waals surface area contributed by atoms with Crippen LogP contribution in [-0.2, 0) is 17.8 Å². The van der Waals surface area contributed by atoms with E-state index in [-0.39, 0.29) is 24.0 Å². The number of halogens is 2. The van der Waals surface area contributed by atoms with E-state index in [4.69, 9.17) is 0 Å². The Balaban J connectivity index is 1.63.